The topological polar surface area (TPSA) is 23.5 Å². The summed E-state index contributed by atoms with van der Waals surface area (Å²) in [5.74, 6) is 0. The Balaban J connectivity index is 2.70. The van der Waals surface area contributed by atoms with Crippen LogP contribution in [0.15, 0.2) is 30.3 Å². The highest BCUT2D eigenvalue weighted by Crippen LogP contribution is 2.25. The van der Waals surface area contributed by atoms with Gasteiger partial charge in [0.2, 0.25) is 0 Å². The van der Waals surface area contributed by atoms with E-state index in [-0.39, 0.29) is 5.54 Å². The highest BCUT2D eigenvalue weighted by atomic mass is 16.5. The molecule has 0 aliphatic heterocycles. The van der Waals surface area contributed by atoms with E-state index < -0.39 is 0 Å². The first-order valence-corrected chi connectivity index (χ1v) is 5.62. The van der Waals surface area contributed by atoms with Gasteiger partial charge in [-0.15, -0.1) is 0 Å². The smallest absolute Gasteiger partial charge is 0.0640 e. The number of anilines is 1. The predicted octanol–water partition coefficient (Wildman–Crippen LogP) is 3.85. The van der Waals surface area contributed by atoms with Crippen LogP contribution in [-0.2, 0) is 0 Å². The fraction of sp³-hybridized carbons (Fsp3) is 0.538. The summed E-state index contributed by atoms with van der Waals surface area (Å²) in [6.07, 6.45) is 3.29. The number of unbranched alkanes of at least 4 members (excludes halogenated alkanes) is 1. The van der Waals surface area contributed by atoms with Gasteiger partial charge in [0, 0.05) is 0 Å². The summed E-state index contributed by atoms with van der Waals surface area (Å²) < 4.78 is 0. The zero-order valence-corrected chi connectivity index (χ0v) is 9.90. The molecule has 2 nitrogen and oxygen atoms in total. The first kappa shape index (κ1) is 12.1. The van der Waals surface area contributed by atoms with Crippen molar-refractivity contribution in [2.45, 2.75) is 45.6 Å². The molecule has 15 heavy (non-hydrogen) atoms. The van der Waals surface area contributed by atoms with Crippen LogP contribution in [0.1, 0.15) is 40.0 Å². The van der Waals surface area contributed by atoms with E-state index in [9.17, 15) is 5.21 Å². The summed E-state index contributed by atoms with van der Waals surface area (Å²) in [4.78, 5) is 0. The molecule has 84 valence electrons. The fourth-order valence-corrected chi connectivity index (χ4v) is 1.63. The number of hydrogen-bond acceptors (Lipinski definition) is 2. The van der Waals surface area contributed by atoms with Crippen LogP contribution in [0.25, 0.3) is 0 Å². The number of hydroxylamine groups is 1. The molecule has 0 fully saturated rings. The van der Waals surface area contributed by atoms with E-state index in [1.54, 1.807) is 0 Å². The summed E-state index contributed by atoms with van der Waals surface area (Å²) in [6, 6.07) is 9.68. The molecule has 1 N–H and O–H groups in total. The first-order valence-electron chi connectivity index (χ1n) is 5.62. The molecular weight excluding hydrogens is 186 g/mol. The lowest BCUT2D eigenvalue weighted by Crippen LogP contribution is -2.41. The molecule has 0 saturated carbocycles. The maximum Gasteiger partial charge on any atom is 0.0640 e. The summed E-state index contributed by atoms with van der Waals surface area (Å²) in [5.41, 5.74) is 0.663. The lowest BCUT2D eigenvalue weighted by molar-refractivity contribution is 0.161. The Morgan fingerprint density at radius 2 is 1.80 bits per heavy atom. The van der Waals surface area contributed by atoms with E-state index in [1.807, 2.05) is 30.3 Å². The van der Waals surface area contributed by atoms with E-state index in [0.29, 0.717) is 0 Å². The van der Waals surface area contributed by atoms with Crippen LogP contribution in [-0.4, -0.2) is 10.7 Å². The number of hydrogen-bond donors (Lipinski definition) is 1. The summed E-state index contributed by atoms with van der Waals surface area (Å²) in [5, 5.41) is 11.5. The Labute approximate surface area is 92.5 Å². The second kappa shape index (κ2) is 5.17. The minimum atomic E-state index is -0.197. The molecule has 1 aromatic carbocycles. The average Bonchev–Trinajstić information content (AvgIpc) is 2.26. The van der Waals surface area contributed by atoms with Crippen molar-refractivity contribution in [1.29, 1.82) is 0 Å². The van der Waals surface area contributed by atoms with Gasteiger partial charge < -0.3 is 0 Å². The van der Waals surface area contributed by atoms with Crippen molar-refractivity contribution in [3.8, 4) is 0 Å². The van der Waals surface area contributed by atoms with Crippen LogP contribution >= 0.6 is 0 Å². The third-order valence-corrected chi connectivity index (χ3v) is 2.72. The Kier molecular flexibility index (Phi) is 4.15. The van der Waals surface area contributed by atoms with E-state index in [4.69, 9.17) is 0 Å². The second-order valence-electron chi connectivity index (χ2n) is 4.56. The molecule has 0 heterocycles. The highest BCUT2D eigenvalue weighted by Gasteiger charge is 2.24. The Morgan fingerprint density at radius 1 is 1.20 bits per heavy atom. The van der Waals surface area contributed by atoms with Crippen LogP contribution in [0, 0.1) is 0 Å². The number of rotatable bonds is 5. The lowest BCUT2D eigenvalue weighted by atomic mass is 9.96. The first-order chi connectivity index (χ1) is 7.08. The molecule has 0 amide bonds. The molecule has 0 saturated heterocycles. The zero-order chi connectivity index (χ0) is 11.3. The van der Waals surface area contributed by atoms with Gasteiger partial charge in [0.25, 0.3) is 0 Å². The van der Waals surface area contributed by atoms with Gasteiger partial charge in [-0.2, -0.15) is 0 Å². The van der Waals surface area contributed by atoms with Crippen molar-refractivity contribution < 1.29 is 5.21 Å². The standard InChI is InChI=1S/C13H21NO/c1-4-5-11-13(2,3)14(15)12-9-7-6-8-10-12/h6-10,15H,4-5,11H2,1-3H3. The molecule has 0 bridgehead atoms. The van der Waals surface area contributed by atoms with Gasteiger partial charge in [-0.05, 0) is 32.4 Å². The molecular formula is C13H21NO. The van der Waals surface area contributed by atoms with Crippen LogP contribution in [0.5, 0.6) is 0 Å². The van der Waals surface area contributed by atoms with Gasteiger partial charge in [-0.1, -0.05) is 38.0 Å². The zero-order valence-electron chi connectivity index (χ0n) is 9.90. The molecule has 2 heteroatoms. The molecule has 1 rings (SSSR count). The number of para-hydroxylation sites is 1. The summed E-state index contributed by atoms with van der Waals surface area (Å²) in [7, 11) is 0. The van der Waals surface area contributed by atoms with Crippen LogP contribution in [0.2, 0.25) is 0 Å². The van der Waals surface area contributed by atoms with Gasteiger partial charge in [0.1, 0.15) is 0 Å². The van der Waals surface area contributed by atoms with Crippen molar-refractivity contribution in [2.75, 3.05) is 5.06 Å². The normalized spacial score (nSPS) is 11.5. The molecule has 0 spiro atoms. The van der Waals surface area contributed by atoms with Crippen LogP contribution in [0.3, 0.4) is 0 Å². The minimum absolute atomic E-state index is 0.197. The van der Waals surface area contributed by atoms with Crippen molar-refractivity contribution >= 4 is 5.69 Å². The van der Waals surface area contributed by atoms with Crippen molar-refractivity contribution in [2.24, 2.45) is 0 Å². The Morgan fingerprint density at radius 3 is 2.33 bits per heavy atom. The van der Waals surface area contributed by atoms with Crippen LogP contribution < -0.4 is 5.06 Å². The van der Waals surface area contributed by atoms with Gasteiger partial charge in [-0.3, -0.25) is 10.3 Å². The second-order valence-corrected chi connectivity index (χ2v) is 4.56. The summed E-state index contributed by atoms with van der Waals surface area (Å²) in [6.45, 7) is 6.30. The third kappa shape index (κ3) is 3.24. The summed E-state index contributed by atoms with van der Waals surface area (Å²) >= 11 is 0. The van der Waals surface area contributed by atoms with Crippen LogP contribution in [0.4, 0.5) is 5.69 Å². The van der Waals surface area contributed by atoms with Crippen molar-refractivity contribution in [3.63, 3.8) is 0 Å². The van der Waals surface area contributed by atoms with Crippen molar-refractivity contribution in [3.05, 3.63) is 30.3 Å². The number of nitrogens with zero attached hydrogens (tertiary/aromatic N) is 1. The van der Waals surface area contributed by atoms with E-state index >= 15 is 0 Å². The lowest BCUT2D eigenvalue weighted by Gasteiger charge is -2.35. The fourth-order valence-electron chi connectivity index (χ4n) is 1.63. The monoisotopic (exact) mass is 207 g/mol. The van der Waals surface area contributed by atoms with Crippen molar-refractivity contribution in [1.82, 2.24) is 0 Å². The van der Waals surface area contributed by atoms with E-state index in [2.05, 4.69) is 20.8 Å². The molecule has 0 aromatic heterocycles. The van der Waals surface area contributed by atoms with Gasteiger partial charge in [0.15, 0.2) is 0 Å². The quantitative estimate of drug-likeness (QED) is 0.741. The molecule has 0 radical (unpaired) electrons. The largest absolute Gasteiger partial charge is 0.288 e. The molecule has 1 aromatic rings. The molecule has 0 aliphatic rings. The third-order valence-electron chi connectivity index (χ3n) is 2.72. The SMILES string of the molecule is CCCCC(C)(C)N(O)c1ccccc1. The minimum Gasteiger partial charge on any atom is -0.288 e. The maximum atomic E-state index is 10.1. The highest BCUT2D eigenvalue weighted by molar-refractivity contribution is 5.45. The average molecular weight is 207 g/mol. The molecule has 0 atom stereocenters. The molecule has 0 aliphatic carbocycles. The van der Waals surface area contributed by atoms with E-state index in [1.165, 1.54) is 5.06 Å². The number of benzene rings is 1. The van der Waals surface area contributed by atoms with E-state index in [0.717, 1.165) is 24.9 Å². The Bertz CT molecular complexity index is 282. The predicted molar refractivity (Wildman–Crippen MR) is 64.3 cm³/mol. The molecule has 0 unspecified atom stereocenters. The maximum absolute atomic E-state index is 10.1. The van der Waals surface area contributed by atoms with Gasteiger partial charge in [-0.25, -0.2) is 0 Å². The Hall–Kier alpha value is -1.02. The van der Waals surface area contributed by atoms with Gasteiger partial charge in [0.05, 0.1) is 11.2 Å². The van der Waals surface area contributed by atoms with Gasteiger partial charge >= 0.3 is 0 Å².